The van der Waals surface area contributed by atoms with Crippen LogP contribution < -0.4 is 0 Å². The summed E-state index contributed by atoms with van der Waals surface area (Å²) in [6.45, 7) is 43.5. The average molecular weight is 1620 g/mol. The van der Waals surface area contributed by atoms with Crippen LogP contribution in [0.5, 0.6) is 0 Å². The Morgan fingerprint density at radius 3 is 0.596 bits per heavy atom. The molecule has 99 heavy (non-hydrogen) atoms. The summed E-state index contributed by atoms with van der Waals surface area (Å²) < 4.78 is 72.8. The van der Waals surface area contributed by atoms with Crippen LogP contribution in [0.15, 0.2) is 121 Å². The van der Waals surface area contributed by atoms with Gasteiger partial charge in [0.25, 0.3) is 0 Å². The van der Waals surface area contributed by atoms with Gasteiger partial charge in [0.2, 0.25) is 0 Å². The smallest absolute Gasteiger partial charge is 0.323 e. The van der Waals surface area contributed by atoms with Crippen molar-refractivity contribution in [3.05, 3.63) is 177 Å². The first-order valence-corrected chi connectivity index (χ1v) is 60.3. The molecule has 3 atom stereocenters. The normalized spacial score (nSPS) is 13.4. The van der Waals surface area contributed by atoms with Gasteiger partial charge in [-0.1, -0.05) is 129 Å². The maximum Gasteiger partial charge on any atom is 0.323 e. The van der Waals surface area contributed by atoms with Gasteiger partial charge in [-0.25, -0.2) is 0 Å². The maximum absolute atomic E-state index is 9.56. The predicted molar refractivity (Wildman–Crippen MR) is 426 cm³/mol. The number of aliphatic hydroxyl groups is 4. The molecule has 0 fully saturated rings. The van der Waals surface area contributed by atoms with Crippen molar-refractivity contribution in [1.82, 2.24) is 0 Å². The maximum atomic E-state index is 9.56. The van der Waals surface area contributed by atoms with Crippen LogP contribution in [-0.2, 0) is 115 Å². The van der Waals surface area contributed by atoms with Crippen molar-refractivity contribution in [3.63, 3.8) is 0 Å². The standard InChI is InChI=1S/C28H48O8Si3.C22H34Cl2O4Si3.C8H8Cl2.C6H20O4Si3.C3H8O2.CH4/c1-23(29)17-31-19-25-9-13-27(14-10-25)21-33-37(3,4)35-39(7,8)36-38(5,6)34-22-28-15-11-26(12-16-28)20-32-18-24(2)30;1-29(2,25-17-21-11-7-19(15-23)8-12-21)27-31(5,6)28-30(3,4)26-18-22-13-9-20(16-24)10-14-22;9-5-7-1-2-8(6-10)4-3-7;1-11(2,7)9-13(5,6)10-12(3,4)8;1-3(5)2-4;/h9-16,23-24,29-30H,17-22H2,1-8H3;7-14H,15-18H2,1-6H3;1-4H,5-6H2;7-8H,1-6H3;3-5H,2H2,1H3;1H4. The Morgan fingerprint density at radius 2 is 0.444 bits per heavy atom. The Balaban J connectivity index is 0.00000140. The quantitative estimate of drug-likeness (QED) is 0.0160. The van der Waals surface area contributed by atoms with Crippen molar-refractivity contribution >= 4 is 123 Å². The van der Waals surface area contributed by atoms with E-state index in [4.69, 9.17) is 108 Å². The second-order valence-electron chi connectivity index (χ2n) is 27.8. The molecule has 0 aromatic heterocycles. The molecule has 0 radical (unpaired) electrons. The van der Waals surface area contributed by atoms with E-state index in [2.05, 4.69) is 39.3 Å². The van der Waals surface area contributed by atoms with Crippen LogP contribution in [0, 0.1) is 0 Å². The van der Waals surface area contributed by atoms with Crippen molar-refractivity contribution in [2.24, 2.45) is 0 Å². The molecule has 3 unspecified atom stereocenters. The third-order valence-electron chi connectivity index (χ3n) is 12.6. The number of rotatable bonds is 37. The third-order valence-corrected chi connectivity index (χ3v) is 40.8. The Bertz CT molecular complexity index is 2720. The SMILES string of the molecule is C.CC(O)CO.CC(O)COCc1ccc(CO[Si](C)(C)O[Si](C)(C)O[Si](C)(C)OCc2ccc(COCC(C)O)cc2)cc1.C[Si](C)(O)O[Si](C)(C)O[Si](C)(C)O.C[Si](C)(OCc1ccc(CCl)cc1)O[Si](C)(C)O[Si](C)(C)OCc1ccc(CCl)cc1.ClCc1ccc(CCl)cc1. The lowest BCUT2D eigenvalue weighted by Crippen LogP contribution is -2.54. The number of alkyl halides is 4. The van der Waals surface area contributed by atoms with Crippen LogP contribution in [-0.4, -0.2) is 145 Å². The zero-order valence-corrected chi connectivity index (χ0v) is 74.1. The molecule has 31 heteroatoms. The lowest BCUT2D eigenvalue weighted by Gasteiger charge is -2.37. The Kier molecular flexibility index (Phi) is 46.5. The van der Waals surface area contributed by atoms with E-state index in [9.17, 15) is 19.8 Å². The summed E-state index contributed by atoms with van der Waals surface area (Å²) in [5.74, 6) is 2.18. The molecule has 0 spiro atoms. The zero-order valence-electron chi connectivity index (χ0n) is 62.1. The molecule has 5 aromatic carbocycles. The van der Waals surface area contributed by atoms with Crippen molar-refractivity contribution in [2.75, 3.05) is 19.8 Å². The van der Waals surface area contributed by atoms with Gasteiger partial charge in [0.05, 0.1) is 77.8 Å². The largest absolute Gasteiger partial charge is 0.416 e. The van der Waals surface area contributed by atoms with Crippen LogP contribution in [0.3, 0.4) is 0 Å². The molecule has 0 amide bonds. The fraction of sp³-hybridized carbons (Fsp3) is 0.559. The lowest BCUT2D eigenvalue weighted by molar-refractivity contribution is 0.0375. The molecule has 566 valence electrons. The van der Waals surface area contributed by atoms with E-state index in [1.165, 1.54) is 6.92 Å². The van der Waals surface area contributed by atoms with Crippen molar-refractivity contribution in [2.45, 2.75) is 228 Å². The molecule has 0 aliphatic heterocycles. The van der Waals surface area contributed by atoms with Crippen molar-refractivity contribution in [3.8, 4) is 0 Å². The minimum absolute atomic E-state index is 0. The Labute approximate surface area is 625 Å². The number of ether oxygens (including phenoxy) is 2. The van der Waals surface area contributed by atoms with E-state index in [1.807, 2.05) is 174 Å². The molecule has 0 heterocycles. The zero-order chi connectivity index (χ0) is 74.8. The molecule has 5 aromatic rings. The second-order valence-corrected chi connectivity index (χ2v) is 60.3. The van der Waals surface area contributed by atoms with E-state index in [0.29, 0.717) is 76.4 Å². The van der Waals surface area contributed by atoms with E-state index in [-0.39, 0.29) is 14.0 Å². The molecule has 0 aliphatic carbocycles. The minimum Gasteiger partial charge on any atom is -0.416 e. The number of benzene rings is 5. The van der Waals surface area contributed by atoms with Gasteiger partial charge in [0.1, 0.15) is 0 Å². The van der Waals surface area contributed by atoms with Gasteiger partial charge in [-0.05, 0) is 194 Å². The molecular formula is C68H122Cl4O18Si9. The highest BCUT2D eigenvalue weighted by molar-refractivity contribution is 6.86. The summed E-state index contributed by atoms with van der Waals surface area (Å²) >= 11 is 22.9. The first-order valence-electron chi connectivity index (χ1n) is 32.8. The van der Waals surface area contributed by atoms with Crippen LogP contribution in [0.2, 0.25) is 118 Å². The Hall–Kier alpha value is -1.51. The van der Waals surface area contributed by atoms with Gasteiger partial charge in [-0.15, -0.1) is 46.4 Å². The first-order chi connectivity index (χ1) is 45.1. The molecule has 18 nitrogen and oxygen atoms in total. The fourth-order valence-electron chi connectivity index (χ4n) is 9.10. The molecule has 0 aliphatic rings. The first kappa shape index (κ1) is 97.5. The van der Waals surface area contributed by atoms with E-state index in [1.54, 1.807) is 40.0 Å². The Morgan fingerprint density at radius 1 is 0.283 bits per heavy atom. The highest BCUT2D eigenvalue weighted by atomic mass is 35.5. The van der Waals surface area contributed by atoms with Gasteiger partial charge in [-0.3, -0.25) is 0 Å². The summed E-state index contributed by atoms with van der Waals surface area (Å²) in [4.78, 5) is 19.1. The highest BCUT2D eigenvalue weighted by Gasteiger charge is 2.44. The summed E-state index contributed by atoms with van der Waals surface area (Å²) in [6.07, 6.45) is -1.49. The van der Waals surface area contributed by atoms with Gasteiger partial charge < -0.3 is 81.9 Å². The van der Waals surface area contributed by atoms with E-state index < -0.39 is 95.4 Å². The second kappa shape index (κ2) is 47.2. The number of aliphatic hydroxyl groups excluding tert-OH is 4. The molecule has 0 saturated heterocycles. The molecule has 0 bridgehead atoms. The van der Waals surface area contributed by atoms with Gasteiger partial charge >= 0.3 is 77.0 Å². The van der Waals surface area contributed by atoms with Crippen LogP contribution in [0.4, 0.5) is 0 Å². The third kappa shape index (κ3) is 50.6. The van der Waals surface area contributed by atoms with E-state index >= 15 is 0 Å². The van der Waals surface area contributed by atoms with Crippen molar-refractivity contribution < 1.29 is 81.9 Å². The predicted octanol–water partition coefficient (Wildman–Crippen LogP) is 16.7. The number of hydrogen-bond acceptors (Lipinski definition) is 18. The fourth-order valence-corrected chi connectivity index (χ4v) is 43.0. The van der Waals surface area contributed by atoms with Gasteiger partial charge in [-0.2, -0.15) is 0 Å². The van der Waals surface area contributed by atoms with Crippen molar-refractivity contribution in [1.29, 1.82) is 0 Å². The monoisotopic (exact) mass is 1620 g/mol. The molecule has 0 saturated carbocycles. The van der Waals surface area contributed by atoms with Crippen LogP contribution in [0.1, 0.15) is 83.8 Å². The molecule has 6 N–H and O–H groups in total. The number of halogens is 4. The van der Waals surface area contributed by atoms with Crippen LogP contribution in [0.25, 0.3) is 0 Å². The van der Waals surface area contributed by atoms with Gasteiger partial charge in [0.15, 0.2) is 0 Å². The summed E-state index contributed by atoms with van der Waals surface area (Å²) in [5.41, 5.74) is 10.9. The molecular weight excluding hydrogens is 1500 g/mol. The summed E-state index contributed by atoms with van der Waals surface area (Å²) in [6, 6.07) is 40.4. The number of hydrogen-bond donors (Lipinski definition) is 6. The van der Waals surface area contributed by atoms with Gasteiger partial charge in [0, 0.05) is 23.5 Å². The minimum atomic E-state index is -2.54. The topological polar surface area (TPSA) is 232 Å². The lowest BCUT2D eigenvalue weighted by atomic mass is 10.1. The summed E-state index contributed by atoms with van der Waals surface area (Å²) in [7, 11) is -22.1. The summed E-state index contributed by atoms with van der Waals surface area (Å²) in [5, 5.41) is 34.6. The average Bonchev–Trinajstić information content (AvgIpc) is 0.846. The molecule has 5 rings (SSSR count). The highest BCUT2D eigenvalue weighted by Crippen LogP contribution is 2.27. The van der Waals surface area contributed by atoms with E-state index in [0.717, 1.165) is 55.6 Å². The van der Waals surface area contributed by atoms with Crippen LogP contribution >= 0.6 is 46.4 Å².